The molecule has 2 atom stereocenters. The summed E-state index contributed by atoms with van der Waals surface area (Å²) >= 11 is 0. The number of aliphatic hydroxyl groups excluding tert-OH is 1. The van der Waals surface area contributed by atoms with Gasteiger partial charge in [0.05, 0.1) is 6.10 Å². The van der Waals surface area contributed by atoms with Gasteiger partial charge in [-0.05, 0) is 5.41 Å². The summed E-state index contributed by atoms with van der Waals surface area (Å²) < 4.78 is 0. The van der Waals surface area contributed by atoms with Crippen LogP contribution in [0.3, 0.4) is 0 Å². The van der Waals surface area contributed by atoms with E-state index in [-0.39, 0.29) is 11.5 Å². The van der Waals surface area contributed by atoms with E-state index in [1.165, 1.54) is 0 Å². The van der Waals surface area contributed by atoms with E-state index in [4.69, 9.17) is 0 Å². The summed E-state index contributed by atoms with van der Waals surface area (Å²) in [4.78, 5) is 0. The first-order chi connectivity index (χ1) is 5.08. The van der Waals surface area contributed by atoms with Crippen LogP contribution in [0.15, 0.2) is 0 Å². The van der Waals surface area contributed by atoms with E-state index >= 15 is 0 Å². The third-order valence-corrected chi connectivity index (χ3v) is 3.10. The van der Waals surface area contributed by atoms with Crippen LogP contribution in [0.2, 0.25) is 0 Å². The van der Waals surface area contributed by atoms with E-state index in [1.807, 2.05) is 0 Å². The largest absolute Gasteiger partial charge is 0.391 e. The maximum absolute atomic E-state index is 9.59. The highest BCUT2D eigenvalue weighted by Crippen LogP contribution is 2.34. The van der Waals surface area contributed by atoms with E-state index in [0.29, 0.717) is 5.92 Å². The van der Waals surface area contributed by atoms with Gasteiger partial charge in [0.25, 0.3) is 0 Å². The Bertz CT molecular complexity index is 134. The van der Waals surface area contributed by atoms with Crippen molar-refractivity contribution in [2.24, 2.45) is 11.3 Å². The van der Waals surface area contributed by atoms with Crippen LogP contribution in [0.5, 0.6) is 0 Å². The van der Waals surface area contributed by atoms with Crippen molar-refractivity contribution in [2.45, 2.75) is 33.3 Å². The van der Waals surface area contributed by atoms with Crippen molar-refractivity contribution < 1.29 is 5.11 Å². The standard InChI is InChI=1S/C9H19NO/c1-4-9(2,3)7-5-10-6-8(7)11/h7-8,10-11H,4-6H2,1-3H3. The summed E-state index contributed by atoms with van der Waals surface area (Å²) in [6.45, 7) is 8.39. The highest BCUT2D eigenvalue weighted by molar-refractivity contribution is 4.89. The van der Waals surface area contributed by atoms with E-state index < -0.39 is 0 Å². The van der Waals surface area contributed by atoms with Crippen LogP contribution in [0.25, 0.3) is 0 Å². The molecule has 0 aromatic carbocycles. The molecule has 2 N–H and O–H groups in total. The summed E-state index contributed by atoms with van der Waals surface area (Å²) in [7, 11) is 0. The lowest BCUT2D eigenvalue weighted by molar-refractivity contribution is 0.0703. The molecule has 2 heteroatoms. The predicted octanol–water partition coefficient (Wildman–Crippen LogP) is 1.00. The first kappa shape index (κ1) is 9.01. The van der Waals surface area contributed by atoms with Gasteiger partial charge in [0, 0.05) is 19.0 Å². The van der Waals surface area contributed by atoms with Gasteiger partial charge in [-0.3, -0.25) is 0 Å². The molecule has 0 aromatic heterocycles. The minimum atomic E-state index is -0.134. The van der Waals surface area contributed by atoms with E-state index in [1.54, 1.807) is 0 Å². The van der Waals surface area contributed by atoms with Crippen molar-refractivity contribution in [1.82, 2.24) is 5.32 Å². The van der Waals surface area contributed by atoms with Crippen LogP contribution in [0.1, 0.15) is 27.2 Å². The molecule has 1 rings (SSSR count). The highest BCUT2D eigenvalue weighted by Gasteiger charge is 2.36. The normalized spacial score (nSPS) is 32.7. The molecule has 2 nitrogen and oxygen atoms in total. The molecule has 11 heavy (non-hydrogen) atoms. The minimum Gasteiger partial charge on any atom is -0.391 e. The van der Waals surface area contributed by atoms with Crippen molar-refractivity contribution in [3.63, 3.8) is 0 Å². The third kappa shape index (κ3) is 1.74. The first-order valence-electron chi connectivity index (χ1n) is 4.46. The molecule has 66 valence electrons. The van der Waals surface area contributed by atoms with Crippen molar-refractivity contribution in [2.75, 3.05) is 13.1 Å². The number of rotatable bonds is 2. The maximum Gasteiger partial charge on any atom is 0.0709 e. The van der Waals surface area contributed by atoms with Crippen LogP contribution >= 0.6 is 0 Å². The molecule has 1 heterocycles. The molecule has 1 fully saturated rings. The number of hydrogen-bond donors (Lipinski definition) is 2. The van der Waals surface area contributed by atoms with Gasteiger partial charge in [-0.15, -0.1) is 0 Å². The molecule has 0 saturated carbocycles. The van der Waals surface area contributed by atoms with Crippen LogP contribution in [0.4, 0.5) is 0 Å². The lowest BCUT2D eigenvalue weighted by Crippen LogP contribution is -2.32. The second-order valence-corrected chi connectivity index (χ2v) is 4.17. The van der Waals surface area contributed by atoms with Crippen molar-refractivity contribution in [3.8, 4) is 0 Å². The lowest BCUT2D eigenvalue weighted by Gasteiger charge is -2.31. The molecule has 0 radical (unpaired) electrons. The molecule has 1 saturated heterocycles. The van der Waals surface area contributed by atoms with Crippen LogP contribution in [-0.4, -0.2) is 24.3 Å². The molecular formula is C9H19NO. The SMILES string of the molecule is CCC(C)(C)C1CNCC1O. The molecule has 1 aliphatic heterocycles. The van der Waals surface area contributed by atoms with Gasteiger partial charge in [0.1, 0.15) is 0 Å². The molecule has 0 aliphatic carbocycles. The maximum atomic E-state index is 9.59. The van der Waals surface area contributed by atoms with Gasteiger partial charge >= 0.3 is 0 Å². The molecule has 2 unspecified atom stereocenters. The minimum absolute atomic E-state index is 0.134. The molecule has 0 spiro atoms. The zero-order chi connectivity index (χ0) is 8.48. The summed E-state index contributed by atoms with van der Waals surface area (Å²) in [5.74, 6) is 0.437. The zero-order valence-electron chi connectivity index (χ0n) is 7.72. The number of aliphatic hydroxyl groups is 1. The fourth-order valence-electron chi connectivity index (χ4n) is 1.72. The van der Waals surface area contributed by atoms with E-state index in [2.05, 4.69) is 26.1 Å². The van der Waals surface area contributed by atoms with E-state index in [9.17, 15) is 5.11 Å². The molecule has 0 aromatic rings. The number of β-amino-alcohol motifs (C(OH)–C–C–N with tert-alkyl or cyclic N) is 1. The Labute approximate surface area is 69.0 Å². The molecule has 0 amide bonds. The van der Waals surface area contributed by atoms with E-state index in [0.717, 1.165) is 19.5 Å². The average Bonchev–Trinajstić information content (AvgIpc) is 2.36. The predicted molar refractivity (Wildman–Crippen MR) is 46.4 cm³/mol. The Hall–Kier alpha value is -0.0800. The lowest BCUT2D eigenvalue weighted by atomic mass is 9.75. The van der Waals surface area contributed by atoms with Crippen LogP contribution in [-0.2, 0) is 0 Å². The topological polar surface area (TPSA) is 32.3 Å². The Morgan fingerprint density at radius 2 is 2.09 bits per heavy atom. The highest BCUT2D eigenvalue weighted by atomic mass is 16.3. The first-order valence-corrected chi connectivity index (χ1v) is 4.46. The van der Waals surface area contributed by atoms with Crippen LogP contribution < -0.4 is 5.32 Å². The van der Waals surface area contributed by atoms with Gasteiger partial charge in [0.2, 0.25) is 0 Å². The summed E-state index contributed by atoms with van der Waals surface area (Å²) in [6, 6.07) is 0. The van der Waals surface area contributed by atoms with Crippen LogP contribution in [0, 0.1) is 11.3 Å². The Morgan fingerprint density at radius 1 is 1.45 bits per heavy atom. The second kappa shape index (κ2) is 3.11. The van der Waals surface area contributed by atoms with Gasteiger partial charge in [-0.25, -0.2) is 0 Å². The molecule has 1 aliphatic rings. The van der Waals surface area contributed by atoms with Gasteiger partial charge in [-0.2, -0.15) is 0 Å². The monoisotopic (exact) mass is 157 g/mol. The van der Waals surface area contributed by atoms with Gasteiger partial charge in [0.15, 0.2) is 0 Å². The summed E-state index contributed by atoms with van der Waals surface area (Å²) in [6.07, 6.45) is 1.00. The quantitative estimate of drug-likeness (QED) is 0.627. The summed E-state index contributed by atoms with van der Waals surface area (Å²) in [5.41, 5.74) is 0.281. The Kier molecular flexibility index (Phi) is 2.55. The van der Waals surface area contributed by atoms with Crippen molar-refractivity contribution >= 4 is 0 Å². The van der Waals surface area contributed by atoms with Crippen molar-refractivity contribution in [1.29, 1.82) is 0 Å². The van der Waals surface area contributed by atoms with Gasteiger partial charge in [-0.1, -0.05) is 27.2 Å². The molecular weight excluding hydrogens is 138 g/mol. The zero-order valence-corrected chi connectivity index (χ0v) is 7.72. The van der Waals surface area contributed by atoms with Gasteiger partial charge < -0.3 is 10.4 Å². The third-order valence-electron chi connectivity index (χ3n) is 3.10. The fourth-order valence-corrected chi connectivity index (χ4v) is 1.72. The van der Waals surface area contributed by atoms with Crippen molar-refractivity contribution in [3.05, 3.63) is 0 Å². The average molecular weight is 157 g/mol. The fraction of sp³-hybridized carbons (Fsp3) is 1.00. The molecule has 0 bridgehead atoms. The second-order valence-electron chi connectivity index (χ2n) is 4.17. The summed E-state index contributed by atoms with van der Waals surface area (Å²) in [5, 5.41) is 12.8. The Morgan fingerprint density at radius 3 is 2.45 bits per heavy atom. The Balaban J connectivity index is 2.58. The number of hydrogen-bond acceptors (Lipinski definition) is 2. The number of nitrogens with one attached hydrogen (secondary N) is 1. The smallest absolute Gasteiger partial charge is 0.0709 e.